The van der Waals surface area contributed by atoms with Crippen molar-refractivity contribution >= 4 is 27.9 Å². The van der Waals surface area contributed by atoms with Gasteiger partial charge in [-0.3, -0.25) is 0 Å². The van der Waals surface area contributed by atoms with E-state index in [9.17, 15) is 4.79 Å². The molecule has 3 aromatic carbocycles. The summed E-state index contributed by atoms with van der Waals surface area (Å²) in [6.07, 6.45) is -0.471. The molecule has 0 atom stereocenters. The molecule has 0 saturated carbocycles. The average molecular weight is 555 g/mol. The van der Waals surface area contributed by atoms with Gasteiger partial charge in [-0.2, -0.15) is 0 Å². The summed E-state index contributed by atoms with van der Waals surface area (Å²) in [5.41, 5.74) is 3.13. The number of nitrogens with zero attached hydrogens (tertiary/aromatic N) is 4. The van der Waals surface area contributed by atoms with Gasteiger partial charge in [0.05, 0.1) is 11.2 Å². The van der Waals surface area contributed by atoms with Gasteiger partial charge >= 0.3 is 6.09 Å². The Morgan fingerprint density at radius 3 is 2.37 bits per heavy atom. The molecule has 0 unspecified atom stereocenters. The molecule has 0 amide bonds. The number of para-hydroxylation sites is 1. The molecule has 41 heavy (non-hydrogen) atoms. The van der Waals surface area contributed by atoms with Gasteiger partial charge < -0.3 is 19.2 Å². The van der Waals surface area contributed by atoms with Gasteiger partial charge in [-0.05, 0) is 69.8 Å². The van der Waals surface area contributed by atoms with Gasteiger partial charge in [0.15, 0.2) is 0 Å². The van der Waals surface area contributed by atoms with E-state index >= 15 is 0 Å². The minimum Gasteiger partial charge on any atom is -0.492 e. The van der Waals surface area contributed by atoms with E-state index in [1.54, 1.807) is 4.57 Å². The molecule has 0 saturated heterocycles. The first kappa shape index (κ1) is 28.2. The van der Waals surface area contributed by atoms with Crippen LogP contribution in [0.25, 0.3) is 33.2 Å². The fraction of sp³-hybridized carbons (Fsp3) is 0.333. The van der Waals surface area contributed by atoms with Crippen molar-refractivity contribution in [2.75, 3.05) is 26.2 Å². The maximum Gasteiger partial charge on any atom is 0.419 e. The molecule has 0 bridgehead atoms. The van der Waals surface area contributed by atoms with Crippen molar-refractivity contribution in [1.29, 1.82) is 0 Å². The van der Waals surface area contributed by atoms with Crippen molar-refractivity contribution in [2.45, 2.75) is 46.8 Å². The van der Waals surface area contributed by atoms with Gasteiger partial charge in [0.2, 0.25) is 0 Å². The number of carbonyl (C=O) groups is 1. The highest BCUT2D eigenvalue weighted by molar-refractivity contribution is 6.01. The van der Waals surface area contributed by atoms with Crippen molar-refractivity contribution in [1.82, 2.24) is 19.4 Å². The summed E-state index contributed by atoms with van der Waals surface area (Å²) in [6.45, 7) is 13.6. The molecule has 8 heteroatoms. The van der Waals surface area contributed by atoms with E-state index in [1.807, 2.05) is 99.6 Å². The second kappa shape index (κ2) is 12.1. The monoisotopic (exact) mass is 554 g/mol. The Bertz CT molecular complexity index is 1630. The smallest absolute Gasteiger partial charge is 0.419 e. The Balaban J connectivity index is 1.56. The van der Waals surface area contributed by atoms with E-state index in [0.717, 1.165) is 47.2 Å². The summed E-state index contributed by atoms with van der Waals surface area (Å²) < 4.78 is 13.5. The van der Waals surface area contributed by atoms with Crippen LogP contribution in [0.4, 0.5) is 4.79 Å². The first-order chi connectivity index (χ1) is 19.8. The number of hydrogen-bond donors (Lipinski definition) is 0. The Labute approximate surface area is 241 Å². The topological polar surface area (TPSA) is 70.8 Å². The van der Waals surface area contributed by atoms with Crippen LogP contribution in [-0.2, 0) is 11.3 Å². The van der Waals surface area contributed by atoms with E-state index in [2.05, 4.69) is 18.7 Å². The van der Waals surface area contributed by atoms with Crippen LogP contribution in [0.1, 0.15) is 40.2 Å². The van der Waals surface area contributed by atoms with Crippen LogP contribution in [0.15, 0.2) is 78.9 Å². The predicted molar refractivity (Wildman–Crippen MR) is 162 cm³/mol. The van der Waals surface area contributed by atoms with E-state index in [4.69, 9.17) is 19.4 Å². The maximum atomic E-state index is 13.6. The number of carbonyl (C=O) groups excluding carboxylic acids is 1. The number of ether oxygens (including phenoxy) is 2. The largest absolute Gasteiger partial charge is 0.492 e. The van der Waals surface area contributed by atoms with E-state index in [0.29, 0.717) is 30.1 Å². The molecule has 5 aromatic rings. The first-order valence-electron chi connectivity index (χ1n) is 14.2. The fourth-order valence-corrected chi connectivity index (χ4v) is 4.83. The van der Waals surface area contributed by atoms with Crippen molar-refractivity contribution in [3.63, 3.8) is 0 Å². The van der Waals surface area contributed by atoms with Gasteiger partial charge in [-0.1, -0.05) is 67.2 Å². The summed E-state index contributed by atoms with van der Waals surface area (Å²) in [5, 5.41) is 6.57. The zero-order chi connectivity index (χ0) is 29.0. The highest BCUT2D eigenvalue weighted by atomic mass is 16.7. The Hall–Kier alpha value is -4.30. The summed E-state index contributed by atoms with van der Waals surface area (Å²) in [5.74, 6) is 0.749. The van der Waals surface area contributed by atoms with Crippen LogP contribution in [0, 0.1) is 0 Å². The molecule has 0 aliphatic carbocycles. The number of likely N-dealkylation sites (N-methyl/N-ethyl adjacent to an activating group) is 1. The second-order valence-electron chi connectivity index (χ2n) is 10.9. The molecule has 0 aliphatic rings. The lowest BCUT2D eigenvalue weighted by molar-refractivity contribution is 0.0546. The van der Waals surface area contributed by atoms with Crippen molar-refractivity contribution in [3.8, 4) is 17.1 Å². The first-order valence-corrected chi connectivity index (χ1v) is 14.2. The average Bonchev–Trinajstić information content (AvgIpc) is 3.52. The van der Waals surface area contributed by atoms with Crippen LogP contribution in [0.3, 0.4) is 0 Å². The third-order valence-corrected chi connectivity index (χ3v) is 6.91. The molecule has 0 fully saturated rings. The van der Waals surface area contributed by atoms with Crippen LogP contribution in [0.2, 0.25) is 0 Å². The molecule has 0 spiro atoms. The molecule has 0 N–H and O–H groups in total. The Morgan fingerprint density at radius 2 is 1.63 bits per heavy atom. The minimum atomic E-state index is -0.668. The molecular weight excluding hydrogens is 516 g/mol. The summed E-state index contributed by atoms with van der Waals surface area (Å²) in [4.78, 5) is 23.6. The van der Waals surface area contributed by atoms with Crippen molar-refractivity contribution < 1.29 is 19.1 Å². The molecule has 0 radical (unpaired) electrons. The Morgan fingerprint density at radius 1 is 0.902 bits per heavy atom. The van der Waals surface area contributed by atoms with Crippen LogP contribution in [-0.4, -0.2) is 57.3 Å². The molecule has 214 valence electrons. The zero-order valence-electron chi connectivity index (χ0n) is 24.5. The van der Waals surface area contributed by atoms with Gasteiger partial charge in [-0.25, -0.2) is 9.36 Å². The normalized spacial score (nSPS) is 11.9. The van der Waals surface area contributed by atoms with Gasteiger partial charge in [0, 0.05) is 17.3 Å². The highest BCUT2D eigenvalue weighted by Gasteiger charge is 2.26. The lowest BCUT2D eigenvalue weighted by atomic mass is 10.1. The number of rotatable bonds is 10. The second-order valence-corrected chi connectivity index (χ2v) is 10.9. The number of hydrogen-bond acceptors (Lipinski definition) is 6. The quantitative estimate of drug-likeness (QED) is 0.189. The number of benzene rings is 3. The zero-order valence-corrected chi connectivity index (χ0v) is 24.5. The molecule has 2 heterocycles. The molecule has 5 rings (SSSR count). The third kappa shape index (κ3) is 6.38. The Kier molecular flexibility index (Phi) is 8.31. The summed E-state index contributed by atoms with van der Waals surface area (Å²) in [7, 11) is 0. The standard InChI is InChI=1S/C33H38N4O4/c1-6-35(7-2)19-20-39-26-17-18-28-25(21-26)22-30(36(28)32(38)41-33(3,4)5)31-27-15-11-12-16-29(27)37(34-31)40-23-24-13-9-8-10-14-24/h8-18,21-22H,6-7,19-20,23H2,1-5H3. The minimum absolute atomic E-state index is 0.356. The number of fused-ring (bicyclic) bond motifs is 2. The van der Waals surface area contributed by atoms with Crippen LogP contribution in [0.5, 0.6) is 5.75 Å². The summed E-state index contributed by atoms with van der Waals surface area (Å²) >= 11 is 0. The van der Waals surface area contributed by atoms with Crippen molar-refractivity contribution in [2.24, 2.45) is 0 Å². The molecular formula is C33H38N4O4. The summed E-state index contributed by atoms with van der Waals surface area (Å²) in [6, 6.07) is 25.5. The number of aromatic nitrogens is 3. The maximum absolute atomic E-state index is 13.6. The highest BCUT2D eigenvalue weighted by Crippen LogP contribution is 2.34. The molecule has 0 aliphatic heterocycles. The van der Waals surface area contributed by atoms with Crippen LogP contribution < -0.4 is 9.57 Å². The SMILES string of the molecule is CCN(CC)CCOc1ccc2c(c1)cc(-c1nn(OCc3ccccc3)c3ccccc13)n2C(=O)OC(C)(C)C. The molecule has 8 nitrogen and oxygen atoms in total. The van der Waals surface area contributed by atoms with Gasteiger partial charge in [-0.15, -0.1) is 5.10 Å². The van der Waals surface area contributed by atoms with E-state index in [1.165, 1.54) is 4.85 Å². The third-order valence-electron chi connectivity index (χ3n) is 6.91. The van der Waals surface area contributed by atoms with E-state index < -0.39 is 11.7 Å². The van der Waals surface area contributed by atoms with Crippen LogP contribution >= 0.6 is 0 Å². The van der Waals surface area contributed by atoms with Gasteiger partial charge in [0.1, 0.15) is 35.8 Å². The van der Waals surface area contributed by atoms with Gasteiger partial charge in [0.25, 0.3) is 0 Å². The van der Waals surface area contributed by atoms with E-state index in [-0.39, 0.29) is 0 Å². The fourth-order valence-electron chi connectivity index (χ4n) is 4.83. The lowest BCUT2D eigenvalue weighted by Gasteiger charge is -2.21. The van der Waals surface area contributed by atoms with Crippen molar-refractivity contribution in [3.05, 3.63) is 84.4 Å². The molecule has 2 aromatic heterocycles. The lowest BCUT2D eigenvalue weighted by Crippen LogP contribution is -2.28. The predicted octanol–water partition coefficient (Wildman–Crippen LogP) is 6.79.